The summed E-state index contributed by atoms with van der Waals surface area (Å²) in [6.45, 7) is -3.18. The quantitative estimate of drug-likeness (QED) is 0.461. The largest absolute Gasteiger partial charge is 0.410 e. The van der Waals surface area contributed by atoms with Crippen LogP contribution >= 0.6 is 10.7 Å². The van der Waals surface area contributed by atoms with Crippen LogP contribution in [0.4, 0.5) is 14.6 Å². The molecule has 7 nitrogen and oxygen atoms in total. The summed E-state index contributed by atoms with van der Waals surface area (Å²) in [5.74, 6) is -1.23. The number of rotatable bonds is 3. The summed E-state index contributed by atoms with van der Waals surface area (Å²) in [5.41, 5.74) is 0. The van der Waals surface area contributed by atoms with E-state index in [4.69, 9.17) is 10.7 Å². The molecule has 0 radical (unpaired) electrons. The normalized spacial score (nSPS) is 12.0. The molecule has 84 valence electrons. The van der Waals surface area contributed by atoms with Gasteiger partial charge in [-0.25, -0.2) is 8.42 Å². The first kappa shape index (κ1) is 11.8. The summed E-state index contributed by atoms with van der Waals surface area (Å²) < 4.78 is 45.5. The number of hydrogen-bond acceptors (Lipinski definition) is 5. The molecule has 0 N–H and O–H groups in total. The lowest BCUT2D eigenvalue weighted by atomic mass is 10.6. The monoisotopic (exact) mass is 261 g/mol. The van der Waals surface area contributed by atoms with Crippen LogP contribution in [0.3, 0.4) is 0 Å². The molecule has 0 aromatic carbocycles. The Hall–Kier alpha value is -1.29. The summed E-state index contributed by atoms with van der Waals surface area (Å²) in [6, 6.07) is 0. The highest BCUT2D eigenvalue weighted by Crippen LogP contribution is 2.26. The molecule has 0 fully saturated rings. The molecule has 1 heterocycles. The van der Waals surface area contributed by atoms with Crippen LogP contribution in [-0.4, -0.2) is 23.1 Å². The van der Waals surface area contributed by atoms with E-state index in [0.29, 0.717) is 6.20 Å². The Bertz CT molecular complexity index is 498. The fourth-order valence-electron chi connectivity index (χ4n) is 0.764. The first-order valence-corrected chi connectivity index (χ1v) is 5.50. The highest BCUT2D eigenvalue weighted by molar-refractivity contribution is 8.13. The summed E-state index contributed by atoms with van der Waals surface area (Å²) >= 11 is 0. The number of hydrogen-bond donors (Lipinski definition) is 0. The Balaban J connectivity index is 3.44. The molecule has 0 atom stereocenters. The molecule has 0 bridgehead atoms. The van der Waals surface area contributed by atoms with Crippen molar-refractivity contribution in [2.45, 2.75) is 11.4 Å². The van der Waals surface area contributed by atoms with Crippen LogP contribution in [0.15, 0.2) is 11.1 Å². The van der Waals surface area contributed by atoms with Crippen LogP contribution in [0.1, 0.15) is 6.55 Å². The van der Waals surface area contributed by atoms with Crippen LogP contribution in [0.2, 0.25) is 0 Å². The van der Waals surface area contributed by atoms with Gasteiger partial charge in [-0.1, -0.05) is 0 Å². The Morgan fingerprint density at radius 3 is 2.40 bits per heavy atom. The predicted molar refractivity (Wildman–Crippen MR) is 43.2 cm³/mol. The average Bonchev–Trinajstić information content (AvgIpc) is 2.45. The lowest BCUT2D eigenvalue weighted by Crippen LogP contribution is -1.99. The Kier molecular flexibility index (Phi) is 2.90. The van der Waals surface area contributed by atoms with E-state index in [1.54, 1.807) is 0 Å². The number of alkyl halides is 2. The van der Waals surface area contributed by atoms with Gasteiger partial charge in [0.25, 0.3) is 9.05 Å². The van der Waals surface area contributed by atoms with Crippen molar-refractivity contribution in [1.29, 1.82) is 0 Å². The molecule has 1 aromatic heterocycles. The molecule has 0 saturated carbocycles. The molecule has 0 saturated heterocycles. The zero-order valence-corrected chi connectivity index (χ0v) is 8.24. The van der Waals surface area contributed by atoms with Crippen molar-refractivity contribution in [2.24, 2.45) is 0 Å². The maximum Gasteiger partial charge on any atom is 0.410 e. The minimum Gasteiger partial charge on any atom is -0.358 e. The minimum absolute atomic E-state index is 0.159. The first-order valence-electron chi connectivity index (χ1n) is 3.20. The molecule has 15 heavy (non-hydrogen) atoms. The van der Waals surface area contributed by atoms with E-state index in [9.17, 15) is 27.3 Å². The maximum absolute atomic E-state index is 12.1. The molecule has 0 aliphatic rings. The fraction of sp³-hybridized carbons (Fsp3) is 0.250. The first-order chi connectivity index (χ1) is 6.73. The van der Waals surface area contributed by atoms with Crippen molar-refractivity contribution in [3.05, 3.63) is 16.3 Å². The van der Waals surface area contributed by atoms with Gasteiger partial charge in [-0.3, -0.25) is 0 Å². The zero-order chi connectivity index (χ0) is 11.8. The van der Waals surface area contributed by atoms with Gasteiger partial charge in [-0.15, -0.1) is 4.68 Å². The van der Waals surface area contributed by atoms with Crippen molar-refractivity contribution in [1.82, 2.24) is 9.78 Å². The van der Waals surface area contributed by atoms with Crippen molar-refractivity contribution < 1.29 is 22.1 Å². The third kappa shape index (κ3) is 2.39. The van der Waals surface area contributed by atoms with Crippen LogP contribution in [-0.2, 0) is 9.05 Å². The van der Waals surface area contributed by atoms with E-state index >= 15 is 0 Å². The van der Waals surface area contributed by atoms with Gasteiger partial charge >= 0.3 is 12.4 Å². The summed E-state index contributed by atoms with van der Waals surface area (Å²) in [5, 5.41) is 13.0. The minimum atomic E-state index is -4.48. The third-order valence-corrected chi connectivity index (χ3v) is 2.63. The number of nitrogens with zero attached hydrogens (tertiary/aromatic N) is 3. The van der Waals surface area contributed by atoms with Gasteiger partial charge in [0.15, 0.2) is 0 Å². The van der Waals surface area contributed by atoms with Crippen molar-refractivity contribution >= 4 is 25.6 Å². The van der Waals surface area contributed by atoms with E-state index in [1.165, 1.54) is 0 Å². The summed E-state index contributed by atoms with van der Waals surface area (Å²) in [4.78, 5) is 7.99. The van der Waals surface area contributed by atoms with Gasteiger partial charge < -0.3 is 10.1 Å². The molecule has 0 aliphatic heterocycles. The fourth-order valence-corrected chi connectivity index (χ4v) is 1.66. The standard InChI is InChI=1S/C4H2ClF2N3O4S/c5-15(13,14)2-1-9(4(6)7)8-3(2)10(11)12/h1,4H. The van der Waals surface area contributed by atoms with Gasteiger partial charge in [0, 0.05) is 10.7 Å². The topological polar surface area (TPSA) is 95.1 Å². The SMILES string of the molecule is O=[N+]([O-])c1nn(C(F)F)cc1S(=O)(=O)Cl. The maximum atomic E-state index is 12.1. The second-order valence-corrected chi connectivity index (χ2v) is 4.80. The van der Waals surface area contributed by atoms with Gasteiger partial charge in [0.05, 0.1) is 11.3 Å². The predicted octanol–water partition coefficient (Wildman–Crippen LogP) is 1.11. The lowest BCUT2D eigenvalue weighted by molar-refractivity contribution is -0.392. The van der Waals surface area contributed by atoms with Crippen molar-refractivity contribution in [3.63, 3.8) is 0 Å². The molecule has 0 unspecified atom stereocenters. The Morgan fingerprint density at radius 2 is 2.13 bits per heavy atom. The number of aromatic nitrogens is 2. The third-order valence-electron chi connectivity index (χ3n) is 1.32. The van der Waals surface area contributed by atoms with E-state index in [2.05, 4.69) is 5.10 Å². The molecule has 1 rings (SSSR count). The second kappa shape index (κ2) is 3.70. The van der Waals surface area contributed by atoms with E-state index < -0.39 is 31.2 Å². The van der Waals surface area contributed by atoms with Gasteiger partial charge in [0.1, 0.15) is 0 Å². The van der Waals surface area contributed by atoms with E-state index in [1.807, 2.05) is 0 Å². The van der Waals surface area contributed by atoms with Crippen molar-refractivity contribution in [2.75, 3.05) is 0 Å². The van der Waals surface area contributed by atoms with E-state index in [-0.39, 0.29) is 4.68 Å². The number of halogens is 3. The van der Waals surface area contributed by atoms with E-state index in [0.717, 1.165) is 0 Å². The second-order valence-electron chi connectivity index (χ2n) is 2.27. The van der Waals surface area contributed by atoms with Crippen molar-refractivity contribution in [3.8, 4) is 0 Å². The average molecular weight is 262 g/mol. The highest BCUT2D eigenvalue weighted by atomic mass is 35.7. The molecule has 1 aromatic rings. The molecule has 0 spiro atoms. The Morgan fingerprint density at radius 1 is 1.60 bits per heavy atom. The van der Waals surface area contributed by atoms with Crippen LogP contribution in [0.5, 0.6) is 0 Å². The van der Waals surface area contributed by atoms with Gasteiger partial charge in [-0.2, -0.15) is 8.78 Å². The van der Waals surface area contributed by atoms with Crippen LogP contribution in [0, 0.1) is 10.1 Å². The Labute approximate surface area is 85.8 Å². The molecule has 11 heteroatoms. The van der Waals surface area contributed by atoms with Crippen LogP contribution < -0.4 is 0 Å². The van der Waals surface area contributed by atoms with Crippen LogP contribution in [0.25, 0.3) is 0 Å². The lowest BCUT2D eigenvalue weighted by Gasteiger charge is -1.89. The molecular weight excluding hydrogens is 260 g/mol. The number of nitro groups is 1. The smallest absolute Gasteiger partial charge is 0.358 e. The molecule has 0 amide bonds. The summed E-state index contributed by atoms with van der Waals surface area (Å²) in [6.07, 6.45) is 0.297. The zero-order valence-electron chi connectivity index (χ0n) is 6.67. The molecular formula is C4H2ClF2N3O4S. The van der Waals surface area contributed by atoms with Gasteiger partial charge in [-0.05, 0) is 4.92 Å². The molecule has 0 aliphatic carbocycles. The summed E-state index contributed by atoms with van der Waals surface area (Å²) in [7, 11) is 0.318. The highest BCUT2D eigenvalue weighted by Gasteiger charge is 2.32. The van der Waals surface area contributed by atoms with Gasteiger partial charge in [0.2, 0.25) is 4.90 Å².